The summed E-state index contributed by atoms with van der Waals surface area (Å²) in [6.45, 7) is 0.219. The highest BCUT2D eigenvalue weighted by Gasteiger charge is 2.35. The minimum absolute atomic E-state index is 0.0248. The summed E-state index contributed by atoms with van der Waals surface area (Å²) in [6.07, 6.45) is 0.344. The van der Waals surface area contributed by atoms with Crippen molar-refractivity contribution in [2.45, 2.75) is 19.0 Å². The molecule has 1 saturated heterocycles. The van der Waals surface area contributed by atoms with Crippen LogP contribution in [-0.4, -0.2) is 41.7 Å². The highest BCUT2D eigenvalue weighted by Crippen LogP contribution is 2.28. The van der Waals surface area contributed by atoms with E-state index in [1.807, 2.05) is 30.3 Å². The Morgan fingerprint density at radius 3 is 2.52 bits per heavy atom. The van der Waals surface area contributed by atoms with Gasteiger partial charge in [-0.05, 0) is 24.1 Å². The largest absolute Gasteiger partial charge is 0.330 e. The predicted molar refractivity (Wildman–Crippen MR) is 101 cm³/mol. The van der Waals surface area contributed by atoms with Gasteiger partial charge in [0.2, 0.25) is 0 Å². The molecule has 27 heavy (non-hydrogen) atoms. The van der Waals surface area contributed by atoms with Gasteiger partial charge in [-0.15, -0.1) is 0 Å². The maximum absolute atomic E-state index is 13.1. The first-order valence-corrected chi connectivity index (χ1v) is 10.5. The van der Waals surface area contributed by atoms with E-state index in [0.717, 1.165) is 11.6 Å². The van der Waals surface area contributed by atoms with E-state index < -0.39 is 26.7 Å². The lowest BCUT2D eigenvalue weighted by Gasteiger charge is -2.28. The number of sulfone groups is 1. The van der Waals surface area contributed by atoms with E-state index in [1.165, 1.54) is 17.0 Å². The summed E-state index contributed by atoms with van der Waals surface area (Å²) in [4.78, 5) is 25.0. The quantitative estimate of drug-likeness (QED) is 0.559. The molecule has 0 N–H and O–H groups in total. The SMILES string of the molecule is O=C(c1ccc(Cl)c([N+](=O)[O-])c1)N(Cc1ccccc1)[C@H]1CCS(=O)(=O)C1. The second kappa shape index (κ2) is 7.66. The van der Waals surface area contributed by atoms with Crippen molar-refractivity contribution < 1.29 is 18.1 Å². The Bertz CT molecular complexity index is 979. The number of carbonyl (C=O) groups is 1. The molecule has 0 aliphatic carbocycles. The van der Waals surface area contributed by atoms with E-state index in [1.54, 1.807) is 0 Å². The molecule has 9 heteroatoms. The maximum Gasteiger partial charge on any atom is 0.288 e. The standard InChI is InChI=1S/C18H17ClN2O5S/c19-16-7-6-14(10-17(16)21(23)24)18(22)20(11-13-4-2-1-3-5-13)15-8-9-27(25,26)12-15/h1-7,10,15H,8-9,11-12H2/t15-/m0/s1. The fraction of sp³-hybridized carbons (Fsp3) is 0.278. The van der Waals surface area contributed by atoms with Crippen molar-refractivity contribution in [1.82, 2.24) is 4.90 Å². The normalized spacial score (nSPS) is 18.2. The Morgan fingerprint density at radius 2 is 1.93 bits per heavy atom. The van der Waals surface area contributed by atoms with Gasteiger partial charge >= 0.3 is 0 Å². The summed E-state index contributed by atoms with van der Waals surface area (Å²) in [6, 6.07) is 12.6. The van der Waals surface area contributed by atoms with Gasteiger partial charge in [-0.1, -0.05) is 41.9 Å². The maximum atomic E-state index is 13.1. The van der Waals surface area contributed by atoms with Gasteiger partial charge in [-0.3, -0.25) is 14.9 Å². The van der Waals surface area contributed by atoms with Crippen LogP contribution in [0.25, 0.3) is 0 Å². The Kier molecular flexibility index (Phi) is 5.48. The number of hydrogen-bond donors (Lipinski definition) is 0. The summed E-state index contributed by atoms with van der Waals surface area (Å²) in [5.74, 6) is -0.543. The zero-order valence-electron chi connectivity index (χ0n) is 14.2. The number of amides is 1. The molecule has 1 aliphatic rings. The smallest absolute Gasteiger partial charge is 0.288 e. The molecule has 2 aromatic carbocycles. The molecule has 1 fully saturated rings. The fourth-order valence-electron chi connectivity index (χ4n) is 3.12. The Labute approximate surface area is 161 Å². The Balaban J connectivity index is 1.95. The van der Waals surface area contributed by atoms with E-state index in [0.29, 0.717) is 6.42 Å². The van der Waals surface area contributed by atoms with E-state index in [-0.39, 0.29) is 34.3 Å². The van der Waals surface area contributed by atoms with E-state index in [4.69, 9.17) is 11.6 Å². The molecule has 0 aromatic heterocycles. The minimum atomic E-state index is -3.20. The number of hydrogen-bond acceptors (Lipinski definition) is 5. The average Bonchev–Trinajstić information content (AvgIpc) is 2.99. The molecule has 1 atom stereocenters. The number of carbonyl (C=O) groups excluding carboxylic acids is 1. The van der Waals surface area contributed by atoms with Crippen LogP contribution in [0.15, 0.2) is 48.5 Å². The van der Waals surface area contributed by atoms with Crippen molar-refractivity contribution in [3.8, 4) is 0 Å². The van der Waals surface area contributed by atoms with Crippen LogP contribution in [0, 0.1) is 10.1 Å². The molecule has 7 nitrogen and oxygen atoms in total. The summed E-state index contributed by atoms with van der Waals surface area (Å²) in [5, 5.41) is 11.1. The topological polar surface area (TPSA) is 97.6 Å². The van der Waals surface area contributed by atoms with Gasteiger partial charge in [0.25, 0.3) is 11.6 Å². The zero-order valence-corrected chi connectivity index (χ0v) is 15.8. The second-order valence-corrected chi connectivity index (χ2v) is 9.03. The van der Waals surface area contributed by atoms with Gasteiger partial charge in [0.05, 0.1) is 16.4 Å². The van der Waals surface area contributed by atoms with Crippen molar-refractivity contribution >= 4 is 33.0 Å². The highest BCUT2D eigenvalue weighted by molar-refractivity contribution is 7.91. The van der Waals surface area contributed by atoms with Crippen LogP contribution in [0.5, 0.6) is 0 Å². The third kappa shape index (κ3) is 4.45. The van der Waals surface area contributed by atoms with Gasteiger partial charge in [0.15, 0.2) is 9.84 Å². The van der Waals surface area contributed by atoms with E-state index in [2.05, 4.69) is 0 Å². The van der Waals surface area contributed by atoms with E-state index in [9.17, 15) is 23.3 Å². The van der Waals surface area contributed by atoms with Crippen LogP contribution in [-0.2, 0) is 16.4 Å². The number of benzene rings is 2. The van der Waals surface area contributed by atoms with Crippen LogP contribution in [0.2, 0.25) is 5.02 Å². The monoisotopic (exact) mass is 408 g/mol. The molecule has 0 saturated carbocycles. The molecule has 3 rings (SSSR count). The third-order valence-electron chi connectivity index (χ3n) is 4.50. The molecular weight excluding hydrogens is 392 g/mol. The number of nitrogens with zero attached hydrogens (tertiary/aromatic N) is 2. The van der Waals surface area contributed by atoms with Crippen LogP contribution < -0.4 is 0 Å². The fourth-order valence-corrected chi connectivity index (χ4v) is 5.04. The van der Waals surface area contributed by atoms with Gasteiger partial charge in [-0.25, -0.2) is 8.42 Å². The predicted octanol–water partition coefficient (Wildman–Crippen LogP) is 3.08. The molecule has 142 valence electrons. The number of nitro benzene ring substituents is 1. The molecule has 1 aliphatic heterocycles. The third-order valence-corrected chi connectivity index (χ3v) is 6.57. The van der Waals surface area contributed by atoms with Crippen LogP contribution in [0.4, 0.5) is 5.69 Å². The lowest BCUT2D eigenvalue weighted by atomic mass is 10.1. The second-order valence-electron chi connectivity index (χ2n) is 6.40. The average molecular weight is 409 g/mol. The van der Waals surface area contributed by atoms with Crippen molar-refractivity contribution in [2.24, 2.45) is 0 Å². The highest BCUT2D eigenvalue weighted by atomic mass is 35.5. The first kappa shape index (κ1) is 19.3. The summed E-state index contributed by atoms with van der Waals surface area (Å²) in [5.41, 5.74) is 0.589. The molecule has 1 heterocycles. The Morgan fingerprint density at radius 1 is 1.22 bits per heavy atom. The number of nitro groups is 1. The lowest BCUT2D eigenvalue weighted by Crippen LogP contribution is -2.40. The molecule has 0 spiro atoms. The summed E-state index contributed by atoms with van der Waals surface area (Å²) in [7, 11) is -3.20. The van der Waals surface area contributed by atoms with Crippen molar-refractivity contribution in [2.75, 3.05) is 11.5 Å². The van der Waals surface area contributed by atoms with Crippen molar-refractivity contribution in [1.29, 1.82) is 0 Å². The zero-order chi connectivity index (χ0) is 19.6. The van der Waals surface area contributed by atoms with E-state index >= 15 is 0 Å². The summed E-state index contributed by atoms with van der Waals surface area (Å²) >= 11 is 5.82. The molecule has 0 radical (unpaired) electrons. The molecule has 0 unspecified atom stereocenters. The van der Waals surface area contributed by atoms with Crippen LogP contribution in [0.1, 0.15) is 22.3 Å². The van der Waals surface area contributed by atoms with Crippen molar-refractivity contribution in [3.63, 3.8) is 0 Å². The summed E-state index contributed by atoms with van der Waals surface area (Å²) < 4.78 is 23.8. The number of rotatable bonds is 5. The van der Waals surface area contributed by atoms with Crippen LogP contribution >= 0.6 is 11.6 Å². The molecule has 0 bridgehead atoms. The van der Waals surface area contributed by atoms with Gasteiger partial charge in [0, 0.05) is 24.2 Å². The molecular formula is C18H17ClN2O5S. The first-order valence-electron chi connectivity index (χ1n) is 8.26. The van der Waals surface area contributed by atoms with Crippen LogP contribution in [0.3, 0.4) is 0 Å². The number of halogens is 1. The molecule has 1 amide bonds. The van der Waals surface area contributed by atoms with Crippen molar-refractivity contribution in [3.05, 3.63) is 74.8 Å². The lowest BCUT2D eigenvalue weighted by molar-refractivity contribution is -0.384. The minimum Gasteiger partial charge on any atom is -0.330 e. The van der Waals surface area contributed by atoms with Gasteiger partial charge in [0.1, 0.15) is 5.02 Å². The van der Waals surface area contributed by atoms with Gasteiger partial charge in [-0.2, -0.15) is 0 Å². The van der Waals surface area contributed by atoms with Gasteiger partial charge < -0.3 is 4.90 Å². The Hall–Kier alpha value is -2.45. The molecule has 2 aromatic rings. The first-order chi connectivity index (χ1) is 12.8.